The van der Waals surface area contributed by atoms with Crippen LogP contribution in [0.25, 0.3) is 10.4 Å². The number of rotatable bonds is 4. The molecule has 0 aliphatic carbocycles. The summed E-state index contributed by atoms with van der Waals surface area (Å²) in [5.41, 5.74) is 4.00. The monoisotopic (exact) mass is 317 g/mol. The van der Waals surface area contributed by atoms with Crippen LogP contribution in [0.15, 0.2) is 36.0 Å². The molecule has 0 saturated carbocycles. The lowest BCUT2D eigenvalue weighted by atomic mass is 10.0. The van der Waals surface area contributed by atoms with Crippen molar-refractivity contribution in [3.05, 3.63) is 41.5 Å². The zero-order chi connectivity index (χ0) is 15.5. The van der Waals surface area contributed by atoms with Gasteiger partial charge in [0.2, 0.25) is 5.91 Å². The van der Waals surface area contributed by atoms with E-state index in [0.717, 1.165) is 16.0 Å². The summed E-state index contributed by atoms with van der Waals surface area (Å²) >= 11 is 1.61. The quantitative estimate of drug-likeness (QED) is 0.802. The molecule has 1 aliphatic rings. The smallest absolute Gasteiger partial charge is 0.237 e. The number of amides is 1. The Labute approximate surface area is 133 Å². The topological polar surface area (TPSA) is 74.2 Å². The number of carbonyl (C=O) groups is 1. The van der Waals surface area contributed by atoms with Gasteiger partial charge in [-0.25, -0.2) is 0 Å². The summed E-state index contributed by atoms with van der Waals surface area (Å²) in [5, 5.41) is 15.5. The van der Waals surface area contributed by atoms with E-state index in [-0.39, 0.29) is 18.0 Å². The number of thiazole rings is 1. The molecule has 116 valence electrons. The van der Waals surface area contributed by atoms with Crippen LogP contribution < -0.4 is 10.6 Å². The number of aliphatic hydroxyl groups is 1. The fourth-order valence-corrected chi connectivity index (χ4v) is 3.24. The van der Waals surface area contributed by atoms with Gasteiger partial charge in [0.25, 0.3) is 0 Å². The van der Waals surface area contributed by atoms with Crippen LogP contribution in [0.4, 0.5) is 0 Å². The lowest BCUT2D eigenvalue weighted by Gasteiger charge is -2.17. The van der Waals surface area contributed by atoms with E-state index in [1.807, 2.05) is 42.9 Å². The Morgan fingerprint density at radius 3 is 2.82 bits per heavy atom. The molecule has 0 unspecified atom stereocenters. The Morgan fingerprint density at radius 1 is 1.45 bits per heavy atom. The second kappa shape index (κ2) is 6.56. The largest absolute Gasteiger partial charge is 0.392 e. The zero-order valence-corrected chi connectivity index (χ0v) is 13.1. The van der Waals surface area contributed by atoms with E-state index in [1.54, 1.807) is 11.3 Å². The first kappa shape index (κ1) is 15.1. The first-order chi connectivity index (χ1) is 10.6. The van der Waals surface area contributed by atoms with Gasteiger partial charge >= 0.3 is 0 Å². The molecule has 6 heteroatoms. The highest BCUT2D eigenvalue weighted by Crippen LogP contribution is 2.25. The van der Waals surface area contributed by atoms with Crippen molar-refractivity contribution in [2.45, 2.75) is 31.5 Å². The molecule has 1 aromatic heterocycles. The maximum Gasteiger partial charge on any atom is 0.237 e. The van der Waals surface area contributed by atoms with Gasteiger partial charge in [0.15, 0.2) is 0 Å². The number of nitrogens with one attached hydrogen (secondary N) is 2. The summed E-state index contributed by atoms with van der Waals surface area (Å²) < 4.78 is 0. The van der Waals surface area contributed by atoms with Gasteiger partial charge in [-0.1, -0.05) is 24.3 Å². The lowest BCUT2D eigenvalue weighted by Crippen LogP contribution is -2.41. The summed E-state index contributed by atoms with van der Waals surface area (Å²) in [7, 11) is 0. The minimum atomic E-state index is -0.426. The van der Waals surface area contributed by atoms with Crippen LogP contribution in [0.3, 0.4) is 0 Å². The Bertz CT molecular complexity index is 627. The van der Waals surface area contributed by atoms with Crippen molar-refractivity contribution in [1.82, 2.24) is 15.6 Å². The lowest BCUT2D eigenvalue weighted by molar-refractivity contribution is -0.123. The Balaban J connectivity index is 1.62. The zero-order valence-electron chi connectivity index (χ0n) is 12.3. The molecule has 1 aliphatic heterocycles. The molecule has 3 atom stereocenters. The first-order valence-corrected chi connectivity index (χ1v) is 8.22. The average molecular weight is 317 g/mol. The van der Waals surface area contributed by atoms with Gasteiger partial charge in [-0.3, -0.25) is 9.78 Å². The molecular formula is C16H19N3O2S. The van der Waals surface area contributed by atoms with Gasteiger partial charge < -0.3 is 15.7 Å². The van der Waals surface area contributed by atoms with Crippen molar-refractivity contribution in [1.29, 1.82) is 0 Å². The van der Waals surface area contributed by atoms with Crippen LogP contribution in [0, 0.1) is 0 Å². The third-order valence-electron chi connectivity index (χ3n) is 3.91. The van der Waals surface area contributed by atoms with Crippen molar-refractivity contribution in [3.63, 3.8) is 0 Å². The number of hydrogen-bond acceptors (Lipinski definition) is 5. The van der Waals surface area contributed by atoms with E-state index in [1.165, 1.54) is 0 Å². The standard InChI is InChI=1S/C16H19N3O2S/c1-10(19-16(21)14-6-13(20)7-18-14)11-2-4-12(5-3-11)15-8-17-9-22-15/h2-5,8-10,13-14,18,20H,6-7H2,1H3,(H,19,21)/t10-,13+,14-/m0/s1. The van der Waals surface area contributed by atoms with Crippen LogP contribution in [0.5, 0.6) is 0 Å². The molecule has 2 heterocycles. The maximum absolute atomic E-state index is 12.1. The summed E-state index contributed by atoms with van der Waals surface area (Å²) in [6, 6.07) is 7.77. The van der Waals surface area contributed by atoms with E-state index >= 15 is 0 Å². The number of nitrogens with zero attached hydrogens (tertiary/aromatic N) is 1. The van der Waals surface area contributed by atoms with E-state index in [0.29, 0.717) is 13.0 Å². The number of benzene rings is 1. The number of aliphatic hydroxyl groups excluding tert-OH is 1. The van der Waals surface area contributed by atoms with Crippen LogP contribution >= 0.6 is 11.3 Å². The molecular weight excluding hydrogens is 298 g/mol. The summed E-state index contributed by atoms with van der Waals surface area (Å²) in [6.07, 6.45) is 1.90. The average Bonchev–Trinajstić information content (AvgIpc) is 3.18. The van der Waals surface area contributed by atoms with Gasteiger partial charge in [-0.05, 0) is 24.5 Å². The van der Waals surface area contributed by atoms with Crippen LogP contribution in [0.1, 0.15) is 24.9 Å². The highest BCUT2D eigenvalue weighted by molar-refractivity contribution is 7.13. The highest BCUT2D eigenvalue weighted by atomic mass is 32.1. The molecule has 1 aromatic carbocycles. The van der Waals surface area contributed by atoms with Crippen LogP contribution in [-0.4, -0.2) is 34.7 Å². The predicted molar refractivity (Wildman–Crippen MR) is 86.5 cm³/mol. The van der Waals surface area contributed by atoms with Crippen molar-refractivity contribution >= 4 is 17.2 Å². The summed E-state index contributed by atoms with van der Waals surface area (Å²) in [6.45, 7) is 2.45. The van der Waals surface area contributed by atoms with Crippen molar-refractivity contribution < 1.29 is 9.90 Å². The van der Waals surface area contributed by atoms with Gasteiger partial charge in [0, 0.05) is 12.7 Å². The molecule has 1 amide bonds. The second-order valence-electron chi connectivity index (χ2n) is 5.57. The molecule has 5 nitrogen and oxygen atoms in total. The molecule has 22 heavy (non-hydrogen) atoms. The summed E-state index contributed by atoms with van der Waals surface area (Å²) in [5.74, 6) is -0.0596. The van der Waals surface area contributed by atoms with Gasteiger partial charge in [0.05, 0.1) is 28.6 Å². The van der Waals surface area contributed by atoms with E-state index in [2.05, 4.69) is 15.6 Å². The maximum atomic E-state index is 12.1. The molecule has 0 bridgehead atoms. The number of aromatic nitrogens is 1. The molecule has 3 rings (SSSR count). The fraction of sp³-hybridized carbons (Fsp3) is 0.375. The Hall–Kier alpha value is -1.76. The molecule has 0 radical (unpaired) electrons. The predicted octanol–water partition coefficient (Wildman–Crippen LogP) is 1.71. The van der Waals surface area contributed by atoms with Crippen molar-refractivity contribution in [2.24, 2.45) is 0 Å². The third kappa shape index (κ3) is 3.35. The number of carbonyl (C=O) groups excluding carboxylic acids is 1. The van der Waals surface area contributed by atoms with Gasteiger partial charge in [0.1, 0.15) is 0 Å². The Kier molecular flexibility index (Phi) is 4.52. The van der Waals surface area contributed by atoms with Crippen molar-refractivity contribution in [3.8, 4) is 10.4 Å². The van der Waals surface area contributed by atoms with E-state index in [4.69, 9.17) is 0 Å². The van der Waals surface area contributed by atoms with Crippen molar-refractivity contribution in [2.75, 3.05) is 6.54 Å². The Morgan fingerprint density at radius 2 is 2.23 bits per heavy atom. The molecule has 1 saturated heterocycles. The van der Waals surface area contributed by atoms with E-state index in [9.17, 15) is 9.90 Å². The van der Waals surface area contributed by atoms with Crippen LogP contribution in [0.2, 0.25) is 0 Å². The molecule has 3 N–H and O–H groups in total. The molecule has 2 aromatic rings. The minimum absolute atomic E-state index is 0.0596. The third-order valence-corrected chi connectivity index (χ3v) is 4.73. The number of hydrogen-bond donors (Lipinski definition) is 3. The normalized spacial score (nSPS) is 22.5. The highest BCUT2D eigenvalue weighted by Gasteiger charge is 2.28. The SMILES string of the molecule is C[C@H](NC(=O)[C@@H]1C[C@@H](O)CN1)c1ccc(-c2cncs2)cc1. The number of β-amino-alcohol motifs (C(OH)–C–C–N with tert-alkyl or cyclic N) is 1. The summed E-state index contributed by atoms with van der Waals surface area (Å²) in [4.78, 5) is 17.3. The first-order valence-electron chi connectivity index (χ1n) is 7.34. The van der Waals surface area contributed by atoms with E-state index < -0.39 is 6.10 Å². The second-order valence-corrected chi connectivity index (χ2v) is 6.45. The van der Waals surface area contributed by atoms with Crippen LogP contribution in [-0.2, 0) is 4.79 Å². The molecule has 0 spiro atoms. The molecule has 1 fully saturated rings. The fourth-order valence-electron chi connectivity index (χ4n) is 2.61. The minimum Gasteiger partial charge on any atom is -0.392 e. The van der Waals surface area contributed by atoms with Gasteiger partial charge in [-0.15, -0.1) is 11.3 Å². The van der Waals surface area contributed by atoms with Gasteiger partial charge in [-0.2, -0.15) is 0 Å².